The van der Waals surface area contributed by atoms with Gasteiger partial charge in [0.1, 0.15) is 0 Å². The molecule has 0 fully saturated rings. The van der Waals surface area contributed by atoms with Gasteiger partial charge in [-0.05, 0) is 18.6 Å². The fraction of sp³-hybridized carbons (Fsp3) is 0.154. The summed E-state index contributed by atoms with van der Waals surface area (Å²) in [6.45, 7) is 2.13. The van der Waals surface area contributed by atoms with Crippen LogP contribution in [0.5, 0.6) is 0 Å². The first-order valence-corrected chi connectivity index (χ1v) is 5.24. The molecule has 0 amide bonds. The van der Waals surface area contributed by atoms with Crippen LogP contribution >= 0.6 is 0 Å². The van der Waals surface area contributed by atoms with E-state index in [1.54, 1.807) is 0 Å². The van der Waals surface area contributed by atoms with E-state index in [4.69, 9.17) is 0 Å². The van der Waals surface area contributed by atoms with Crippen molar-refractivity contribution in [3.8, 4) is 0 Å². The second-order valence-electron chi connectivity index (χ2n) is 3.75. The summed E-state index contributed by atoms with van der Waals surface area (Å²) in [4.78, 5) is 7.76. The molecule has 2 nitrogen and oxygen atoms in total. The van der Waals surface area contributed by atoms with E-state index in [0.717, 1.165) is 17.6 Å². The number of nitrogens with zero attached hydrogens (tertiary/aromatic N) is 1. The van der Waals surface area contributed by atoms with Crippen LogP contribution in [0.4, 0.5) is 0 Å². The minimum Gasteiger partial charge on any atom is -0.353 e. The zero-order chi connectivity index (χ0) is 10.3. The number of benzene rings is 1. The Kier molecular flexibility index (Phi) is 1.75. The SMILES string of the molecule is CCc1cc2c(cn1)[nH]c1ccccc12. The van der Waals surface area contributed by atoms with Crippen molar-refractivity contribution in [1.82, 2.24) is 9.97 Å². The first-order valence-electron chi connectivity index (χ1n) is 5.24. The van der Waals surface area contributed by atoms with Crippen molar-refractivity contribution in [1.29, 1.82) is 0 Å². The number of aromatic nitrogens is 2. The summed E-state index contributed by atoms with van der Waals surface area (Å²) in [5, 5.41) is 2.56. The van der Waals surface area contributed by atoms with Gasteiger partial charge in [-0.25, -0.2) is 0 Å². The van der Waals surface area contributed by atoms with Crippen LogP contribution in [0, 0.1) is 0 Å². The molecule has 0 aliphatic carbocycles. The Morgan fingerprint density at radius 2 is 2.00 bits per heavy atom. The Balaban J connectivity index is 2.46. The molecule has 2 heteroatoms. The molecule has 2 heterocycles. The molecule has 0 spiro atoms. The van der Waals surface area contributed by atoms with E-state index in [9.17, 15) is 0 Å². The summed E-state index contributed by atoms with van der Waals surface area (Å²) < 4.78 is 0. The minimum atomic E-state index is 0.982. The summed E-state index contributed by atoms with van der Waals surface area (Å²) in [6, 6.07) is 10.5. The van der Waals surface area contributed by atoms with Gasteiger partial charge in [-0.2, -0.15) is 0 Å². The Hall–Kier alpha value is -1.83. The number of pyridine rings is 1. The molecule has 15 heavy (non-hydrogen) atoms. The molecule has 3 aromatic rings. The molecule has 0 unspecified atom stereocenters. The maximum absolute atomic E-state index is 4.39. The quantitative estimate of drug-likeness (QED) is 0.635. The number of fused-ring (bicyclic) bond motifs is 3. The van der Waals surface area contributed by atoms with Crippen molar-refractivity contribution in [3.05, 3.63) is 42.2 Å². The number of rotatable bonds is 1. The van der Waals surface area contributed by atoms with Crippen LogP contribution in [0.3, 0.4) is 0 Å². The third-order valence-corrected chi connectivity index (χ3v) is 2.81. The van der Waals surface area contributed by atoms with Crippen molar-refractivity contribution >= 4 is 21.8 Å². The number of hydrogen-bond acceptors (Lipinski definition) is 1. The van der Waals surface area contributed by atoms with Crippen LogP contribution in [-0.4, -0.2) is 9.97 Å². The number of para-hydroxylation sites is 1. The van der Waals surface area contributed by atoms with E-state index in [2.05, 4.69) is 41.2 Å². The highest BCUT2D eigenvalue weighted by molar-refractivity contribution is 6.06. The molecule has 1 aromatic carbocycles. The Morgan fingerprint density at radius 3 is 2.87 bits per heavy atom. The molecule has 0 saturated carbocycles. The Morgan fingerprint density at radius 1 is 1.13 bits per heavy atom. The monoisotopic (exact) mass is 196 g/mol. The molecule has 3 rings (SSSR count). The average molecular weight is 196 g/mol. The molecule has 0 atom stereocenters. The normalized spacial score (nSPS) is 11.3. The Bertz CT molecular complexity index is 623. The minimum absolute atomic E-state index is 0.982. The third-order valence-electron chi connectivity index (χ3n) is 2.81. The summed E-state index contributed by atoms with van der Waals surface area (Å²) >= 11 is 0. The highest BCUT2D eigenvalue weighted by atomic mass is 14.8. The lowest BCUT2D eigenvalue weighted by Gasteiger charge is -1.95. The van der Waals surface area contributed by atoms with Gasteiger partial charge in [0.25, 0.3) is 0 Å². The van der Waals surface area contributed by atoms with E-state index < -0.39 is 0 Å². The van der Waals surface area contributed by atoms with Crippen molar-refractivity contribution in [2.75, 3.05) is 0 Å². The topological polar surface area (TPSA) is 28.7 Å². The lowest BCUT2D eigenvalue weighted by atomic mass is 10.1. The predicted molar refractivity (Wildman–Crippen MR) is 63.0 cm³/mol. The van der Waals surface area contributed by atoms with Crippen LogP contribution < -0.4 is 0 Å². The molecular formula is C13H12N2. The van der Waals surface area contributed by atoms with E-state index >= 15 is 0 Å². The number of hydrogen-bond donors (Lipinski definition) is 1. The van der Waals surface area contributed by atoms with Gasteiger partial charge in [0.05, 0.1) is 11.7 Å². The fourth-order valence-corrected chi connectivity index (χ4v) is 1.99. The van der Waals surface area contributed by atoms with Crippen LogP contribution in [0.15, 0.2) is 36.5 Å². The summed E-state index contributed by atoms with van der Waals surface area (Å²) in [6.07, 6.45) is 2.91. The number of aryl methyl sites for hydroxylation is 1. The molecule has 2 aromatic heterocycles. The molecule has 0 aliphatic rings. The van der Waals surface area contributed by atoms with Gasteiger partial charge in [-0.3, -0.25) is 4.98 Å². The first-order chi connectivity index (χ1) is 7.38. The molecule has 0 aliphatic heterocycles. The largest absolute Gasteiger partial charge is 0.353 e. The third kappa shape index (κ3) is 1.22. The van der Waals surface area contributed by atoms with E-state index in [1.165, 1.54) is 16.3 Å². The number of aromatic amines is 1. The standard InChI is InChI=1S/C13H12N2/c1-2-9-7-11-10-5-3-4-6-12(10)15-13(11)8-14-9/h3-8,15H,2H2,1H3. The highest BCUT2D eigenvalue weighted by Crippen LogP contribution is 2.24. The van der Waals surface area contributed by atoms with Crippen molar-refractivity contribution in [2.24, 2.45) is 0 Å². The Labute approximate surface area is 88.0 Å². The van der Waals surface area contributed by atoms with Gasteiger partial charge in [-0.15, -0.1) is 0 Å². The number of nitrogens with one attached hydrogen (secondary N) is 1. The van der Waals surface area contributed by atoms with Crippen LogP contribution in [-0.2, 0) is 6.42 Å². The maximum Gasteiger partial charge on any atom is 0.0651 e. The second kappa shape index (κ2) is 3.09. The second-order valence-corrected chi connectivity index (χ2v) is 3.75. The number of H-pyrrole nitrogens is 1. The van der Waals surface area contributed by atoms with Gasteiger partial charge < -0.3 is 4.98 Å². The maximum atomic E-state index is 4.39. The van der Waals surface area contributed by atoms with Gasteiger partial charge in [-0.1, -0.05) is 25.1 Å². The van der Waals surface area contributed by atoms with Gasteiger partial charge >= 0.3 is 0 Å². The zero-order valence-electron chi connectivity index (χ0n) is 8.62. The van der Waals surface area contributed by atoms with E-state index in [0.29, 0.717) is 0 Å². The summed E-state index contributed by atoms with van der Waals surface area (Å²) in [7, 11) is 0. The van der Waals surface area contributed by atoms with Gasteiger partial charge in [0.15, 0.2) is 0 Å². The van der Waals surface area contributed by atoms with E-state index in [1.807, 2.05) is 12.3 Å². The van der Waals surface area contributed by atoms with E-state index in [-0.39, 0.29) is 0 Å². The smallest absolute Gasteiger partial charge is 0.0651 e. The molecular weight excluding hydrogens is 184 g/mol. The highest BCUT2D eigenvalue weighted by Gasteiger charge is 2.03. The molecule has 0 radical (unpaired) electrons. The lowest BCUT2D eigenvalue weighted by Crippen LogP contribution is -1.84. The van der Waals surface area contributed by atoms with Crippen molar-refractivity contribution in [2.45, 2.75) is 13.3 Å². The van der Waals surface area contributed by atoms with Crippen LogP contribution in [0.25, 0.3) is 21.8 Å². The van der Waals surface area contributed by atoms with Crippen molar-refractivity contribution in [3.63, 3.8) is 0 Å². The predicted octanol–water partition coefficient (Wildman–Crippen LogP) is 3.28. The molecule has 1 N–H and O–H groups in total. The zero-order valence-corrected chi connectivity index (χ0v) is 8.62. The molecule has 0 bridgehead atoms. The molecule has 0 saturated heterocycles. The lowest BCUT2D eigenvalue weighted by molar-refractivity contribution is 1.04. The summed E-state index contributed by atoms with van der Waals surface area (Å²) in [5.74, 6) is 0. The van der Waals surface area contributed by atoms with Gasteiger partial charge in [0.2, 0.25) is 0 Å². The van der Waals surface area contributed by atoms with Crippen LogP contribution in [0.1, 0.15) is 12.6 Å². The van der Waals surface area contributed by atoms with Crippen molar-refractivity contribution < 1.29 is 0 Å². The van der Waals surface area contributed by atoms with Gasteiger partial charge in [0, 0.05) is 22.0 Å². The first kappa shape index (κ1) is 8.48. The summed E-state index contributed by atoms with van der Waals surface area (Å²) in [5.41, 5.74) is 3.45. The van der Waals surface area contributed by atoms with Crippen LogP contribution in [0.2, 0.25) is 0 Å². The fourth-order valence-electron chi connectivity index (χ4n) is 1.99. The molecule has 74 valence electrons. The average Bonchev–Trinajstić information content (AvgIpc) is 2.66.